The molecular weight excluding hydrogens is 318 g/mol. The monoisotopic (exact) mass is 363 g/mol. The van der Waals surface area contributed by atoms with Crippen molar-refractivity contribution < 1.29 is 4.74 Å². The SMILES string of the molecule is CCC(C)OC1CCC(N2CCC3(CCC(C(C)CC)CC3)CC2)CC1. The Kier molecular flexibility index (Phi) is 7.48. The van der Waals surface area contributed by atoms with Crippen molar-refractivity contribution in [3.63, 3.8) is 0 Å². The maximum atomic E-state index is 6.19. The Morgan fingerprint density at radius 1 is 0.846 bits per heavy atom. The molecule has 2 heteroatoms. The zero-order valence-corrected chi connectivity index (χ0v) is 18.1. The summed E-state index contributed by atoms with van der Waals surface area (Å²) in [6.07, 6.45) is 17.8. The van der Waals surface area contributed by atoms with Crippen molar-refractivity contribution in [1.29, 1.82) is 0 Å². The summed E-state index contributed by atoms with van der Waals surface area (Å²) < 4.78 is 6.19. The third-order valence-electron chi connectivity index (χ3n) is 8.56. The smallest absolute Gasteiger partial charge is 0.0580 e. The highest BCUT2D eigenvalue weighted by molar-refractivity contribution is 4.93. The largest absolute Gasteiger partial charge is 0.375 e. The standard InChI is InChI=1S/C24H45NO/c1-5-19(3)21-11-13-24(14-12-21)15-17-25(18-16-24)22-7-9-23(10-8-22)26-20(4)6-2/h19-23H,5-18H2,1-4H3. The van der Waals surface area contributed by atoms with Crippen molar-refractivity contribution in [2.45, 2.75) is 123 Å². The molecule has 3 fully saturated rings. The Balaban J connectivity index is 1.40. The summed E-state index contributed by atoms with van der Waals surface area (Å²) in [4.78, 5) is 2.85. The van der Waals surface area contributed by atoms with Gasteiger partial charge in [0.05, 0.1) is 12.2 Å². The summed E-state index contributed by atoms with van der Waals surface area (Å²) in [6, 6.07) is 0.848. The third kappa shape index (κ3) is 5.04. The normalized spacial score (nSPS) is 33.2. The first-order valence-electron chi connectivity index (χ1n) is 11.9. The molecule has 0 aromatic rings. The quantitative estimate of drug-likeness (QED) is 0.539. The van der Waals surface area contributed by atoms with Crippen molar-refractivity contribution in [3.8, 4) is 0 Å². The number of likely N-dealkylation sites (tertiary alicyclic amines) is 1. The fraction of sp³-hybridized carbons (Fsp3) is 1.00. The Bertz CT molecular complexity index is 396. The van der Waals surface area contributed by atoms with Gasteiger partial charge >= 0.3 is 0 Å². The van der Waals surface area contributed by atoms with Crippen molar-refractivity contribution in [1.82, 2.24) is 4.90 Å². The Hall–Kier alpha value is -0.0800. The molecule has 1 heterocycles. The molecule has 0 aromatic heterocycles. The first kappa shape index (κ1) is 20.6. The third-order valence-corrected chi connectivity index (χ3v) is 8.56. The zero-order valence-electron chi connectivity index (χ0n) is 18.1. The highest BCUT2D eigenvalue weighted by Crippen LogP contribution is 2.48. The second-order valence-electron chi connectivity index (χ2n) is 10.0. The maximum Gasteiger partial charge on any atom is 0.0580 e. The van der Waals surface area contributed by atoms with Crippen molar-refractivity contribution >= 4 is 0 Å². The lowest BCUT2D eigenvalue weighted by Gasteiger charge is -2.49. The van der Waals surface area contributed by atoms with Crippen LogP contribution < -0.4 is 0 Å². The summed E-state index contributed by atoms with van der Waals surface area (Å²) in [6.45, 7) is 12.1. The molecule has 2 unspecified atom stereocenters. The summed E-state index contributed by atoms with van der Waals surface area (Å²) in [5, 5.41) is 0. The van der Waals surface area contributed by atoms with E-state index in [1.54, 1.807) is 0 Å². The molecule has 3 rings (SSSR count). The highest BCUT2D eigenvalue weighted by Gasteiger charge is 2.40. The first-order chi connectivity index (χ1) is 12.5. The van der Waals surface area contributed by atoms with Crippen LogP contribution in [0.3, 0.4) is 0 Å². The van der Waals surface area contributed by atoms with Gasteiger partial charge in [-0.25, -0.2) is 0 Å². The van der Waals surface area contributed by atoms with Gasteiger partial charge < -0.3 is 9.64 Å². The number of hydrogen-bond donors (Lipinski definition) is 0. The van der Waals surface area contributed by atoms with E-state index in [-0.39, 0.29) is 0 Å². The van der Waals surface area contributed by atoms with Crippen LogP contribution in [-0.4, -0.2) is 36.2 Å². The summed E-state index contributed by atoms with van der Waals surface area (Å²) in [5.74, 6) is 1.96. The first-order valence-corrected chi connectivity index (χ1v) is 11.9. The average molecular weight is 364 g/mol. The minimum Gasteiger partial charge on any atom is -0.375 e. The van der Waals surface area contributed by atoms with Crippen LogP contribution in [-0.2, 0) is 4.74 Å². The lowest BCUT2D eigenvalue weighted by molar-refractivity contribution is -0.0434. The predicted octanol–water partition coefficient (Wildman–Crippen LogP) is 6.43. The zero-order chi connectivity index (χ0) is 18.6. The lowest BCUT2D eigenvalue weighted by atomic mass is 9.63. The van der Waals surface area contributed by atoms with E-state index in [0.29, 0.717) is 12.2 Å². The molecule has 0 aromatic carbocycles. The maximum absolute atomic E-state index is 6.19. The molecule has 0 bridgehead atoms. The Morgan fingerprint density at radius 3 is 2.00 bits per heavy atom. The van der Waals surface area contributed by atoms with Crippen LogP contribution in [0.2, 0.25) is 0 Å². The molecule has 2 aliphatic carbocycles. The van der Waals surface area contributed by atoms with E-state index >= 15 is 0 Å². The molecule has 0 radical (unpaired) electrons. The molecular formula is C24H45NO. The number of hydrogen-bond acceptors (Lipinski definition) is 2. The van der Waals surface area contributed by atoms with Crippen LogP contribution in [0.5, 0.6) is 0 Å². The molecule has 0 N–H and O–H groups in total. The van der Waals surface area contributed by atoms with E-state index in [1.807, 2.05) is 0 Å². The Labute approximate surface area is 163 Å². The molecule has 2 saturated carbocycles. The molecule has 1 spiro atoms. The molecule has 2 nitrogen and oxygen atoms in total. The average Bonchev–Trinajstić information content (AvgIpc) is 2.69. The van der Waals surface area contributed by atoms with E-state index in [4.69, 9.17) is 4.74 Å². The molecule has 26 heavy (non-hydrogen) atoms. The van der Waals surface area contributed by atoms with Gasteiger partial charge in [0.15, 0.2) is 0 Å². The fourth-order valence-electron chi connectivity index (χ4n) is 5.99. The van der Waals surface area contributed by atoms with Crippen LogP contribution >= 0.6 is 0 Å². The number of piperidine rings is 1. The second-order valence-corrected chi connectivity index (χ2v) is 10.0. The highest BCUT2D eigenvalue weighted by atomic mass is 16.5. The van der Waals surface area contributed by atoms with E-state index in [2.05, 4.69) is 32.6 Å². The minimum absolute atomic E-state index is 0.442. The van der Waals surface area contributed by atoms with Gasteiger partial charge in [0, 0.05) is 6.04 Å². The topological polar surface area (TPSA) is 12.5 Å². The predicted molar refractivity (Wildman–Crippen MR) is 112 cm³/mol. The van der Waals surface area contributed by atoms with Gasteiger partial charge in [0.2, 0.25) is 0 Å². The van der Waals surface area contributed by atoms with E-state index in [1.165, 1.54) is 83.7 Å². The van der Waals surface area contributed by atoms with Gasteiger partial charge in [-0.2, -0.15) is 0 Å². The van der Waals surface area contributed by atoms with Gasteiger partial charge in [-0.1, -0.05) is 27.2 Å². The van der Waals surface area contributed by atoms with E-state index in [0.717, 1.165) is 29.7 Å². The number of rotatable bonds is 6. The van der Waals surface area contributed by atoms with Gasteiger partial charge in [-0.05, 0) is 108 Å². The molecule has 1 saturated heterocycles. The van der Waals surface area contributed by atoms with Gasteiger partial charge in [0.1, 0.15) is 0 Å². The van der Waals surface area contributed by atoms with Crippen molar-refractivity contribution in [2.24, 2.45) is 17.3 Å². The van der Waals surface area contributed by atoms with Crippen LogP contribution in [0.4, 0.5) is 0 Å². The molecule has 152 valence electrons. The minimum atomic E-state index is 0.442. The van der Waals surface area contributed by atoms with Gasteiger partial charge in [-0.15, -0.1) is 0 Å². The second kappa shape index (κ2) is 9.41. The van der Waals surface area contributed by atoms with E-state index < -0.39 is 0 Å². The van der Waals surface area contributed by atoms with Crippen LogP contribution in [0.15, 0.2) is 0 Å². The molecule has 2 atom stereocenters. The number of ether oxygens (including phenoxy) is 1. The fourth-order valence-corrected chi connectivity index (χ4v) is 5.99. The van der Waals surface area contributed by atoms with Gasteiger partial charge in [-0.3, -0.25) is 0 Å². The summed E-state index contributed by atoms with van der Waals surface area (Å²) >= 11 is 0. The van der Waals surface area contributed by atoms with Crippen molar-refractivity contribution in [3.05, 3.63) is 0 Å². The van der Waals surface area contributed by atoms with Gasteiger partial charge in [0.25, 0.3) is 0 Å². The molecule has 0 amide bonds. The Morgan fingerprint density at radius 2 is 1.46 bits per heavy atom. The summed E-state index contributed by atoms with van der Waals surface area (Å²) in [5.41, 5.74) is 0.720. The number of nitrogens with zero attached hydrogens (tertiary/aromatic N) is 1. The van der Waals surface area contributed by atoms with E-state index in [9.17, 15) is 0 Å². The van der Waals surface area contributed by atoms with Crippen LogP contribution in [0, 0.1) is 17.3 Å². The summed E-state index contributed by atoms with van der Waals surface area (Å²) in [7, 11) is 0. The molecule has 1 aliphatic heterocycles. The van der Waals surface area contributed by atoms with Crippen molar-refractivity contribution in [2.75, 3.05) is 13.1 Å². The van der Waals surface area contributed by atoms with Crippen LogP contribution in [0.1, 0.15) is 105 Å². The lowest BCUT2D eigenvalue weighted by Crippen LogP contribution is -2.48. The molecule has 3 aliphatic rings. The van der Waals surface area contributed by atoms with Crippen LogP contribution in [0.25, 0.3) is 0 Å².